The highest BCUT2D eigenvalue weighted by molar-refractivity contribution is 6.76. The first-order valence-electron chi connectivity index (χ1n) is 39.0. The summed E-state index contributed by atoms with van der Waals surface area (Å²) in [6.45, 7) is 22.6. The SMILES string of the molecule is CC(=O)Cl.CC1=C(c2ccc3ncccc3c2)C(=O)n2nc(-c3ccccc3)cc2C1.COC(=O)C(C(C)=O)c1ccc2ncccc2c1.COC(=O)Cc1ccc2ncccc2c1.C[Si](C)(C)CCOCCl.Cc1c(-c2ccc3ncccc3c2)c(=O)n2nc(-c3ccccc3)cc2n1COCC[Si](C)(C)C.Nc1cc(-c2ccccc2)[nH]n1. The maximum Gasteiger partial charge on any atom is 0.320 e. The van der Waals surface area contributed by atoms with Crippen LogP contribution in [0.3, 0.4) is 0 Å². The van der Waals surface area contributed by atoms with Gasteiger partial charge in [-0.25, -0.2) is 0 Å². The second kappa shape index (κ2) is 42.7. The third-order valence-corrected chi connectivity index (χ3v) is 22.7. The van der Waals surface area contributed by atoms with Gasteiger partial charge in [0.15, 0.2) is 0 Å². The molecule has 0 fully saturated rings. The maximum atomic E-state index is 13.8. The number of benzene rings is 7. The number of nitrogens with one attached hydrogen (secondary N) is 1. The number of hydrogen-bond donors (Lipinski definition) is 2. The molecule has 22 nitrogen and oxygen atoms in total. The summed E-state index contributed by atoms with van der Waals surface area (Å²) in [7, 11) is 0.585. The number of aromatic amines is 1. The van der Waals surface area contributed by atoms with Crippen LogP contribution in [0.25, 0.3) is 99.7 Å². The molecule has 16 rings (SSSR count). The lowest BCUT2D eigenvalue weighted by atomic mass is 9.93. The number of aromatic nitrogens is 11. The molecule has 0 amide bonds. The monoisotopic (exact) mass is 1680 g/mol. The van der Waals surface area contributed by atoms with E-state index in [0.717, 1.165) is 135 Å². The summed E-state index contributed by atoms with van der Waals surface area (Å²) in [5.74, 6) is -1.40. The van der Waals surface area contributed by atoms with Crippen molar-refractivity contribution < 1.29 is 42.9 Å². The molecule has 8 aromatic heterocycles. The van der Waals surface area contributed by atoms with Gasteiger partial charge in [0.05, 0.1) is 71.0 Å². The molecule has 1 aliphatic heterocycles. The highest BCUT2D eigenvalue weighted by Crippen LogP contribution is 2.34. The number of pyridine rings is 4. The lowest BCUT2D eigenvalue weighted by Gasteiger charge is -2.19. The Bertz CT molecular complexity index is 6140. The number of Topliss-reactive ketones (excluding diaryl/α,β-unsaturated/α-hetero) is 1. The summed E-state index contributed by atoms with van der Waals surface area (Å²) < 4.78 is 25.6. The molecule has 1 aliphatic rings. The Morgan fingerprint density at radius 1 is 0.542 bits per heavy atom. The van der Waals surface area contributed by atoms with Gasteiger partial charge in [0.25, 0.3) is 11.5 Å². The summed E-state index contributed by atoms with van der Waals surface area (Å²) in [4.78, 5) is 87.7. The summed E-state index contributed by atoms with van der Waals surface area (Å²) in [6, 6.07) is 76.7. The first-order valence-corrected chi connectivity index (χ1v) is 47.3. The van der Waals surface area contributed by atoms with Crippen LogP contribution in [0.15, 0.2) is 266 Å². The van der Waals surface area contributed by atoms with Crippen molar-refractivity contribution in [1.82, 2.24) is 54.1 Å². The van der Waals surface area contributed by atoms with Crippen molar-refractivity contribution in [2.45, 2.75) is 105 Å². The van der Waals surface area contributed by atoms with E-state index in [9.17, 15) is 28.8 Å². The third-order valence-electron chi connectivity index (χ3n) is 19.1. The van der Waals surface area contributed by atoms with E-state index in [1.54, 1.807) is 47.7 Å². The fraction of sp³-hybridized carbons (Fsp3) is 0.223. The minimum Gasteiger partial charge on any atom is -0.469 e. The highest BCUT2D eigenvalue weighted by atomic mass is 35.5. The molecule has 0 aliphatic carbocycles. The molecule has 9 heterocycles. The largest absolute Gasteiger partial charge is 0.469 e. The Morgan fingerprint density at radius 3 is 1.52 bits per heavy atom. The van der Waals surface area contributed by atoms with Gasteiger partial charge in [-0.3, -0.25) is 53.8 Å². The van der Waals surface area contributed by atoms with Gasteiger partial charge < -0.3 is 29.2 Å². The quantitative estimate of drug-likeness (QED) is 0.0190. The van der Waals surface area contributed by atoms with Gasteiger partial charge in [-0.05, 0) is 151 Å². The summed E-state index contributed by atoms with van der Waals surface area (Å²) in [5.41, 5.74) is 22.8. The first kappa shape index (κ1) is 89.8. The summed E-state index contributed by atoms with van der Waals surface area (Å²) >= 11 is 9.96. The number of hydrogen-bond acceptors (Lipinski definition) is 18. The number of ketones is 1. The van der Waals surface area contributed by atoms with Crippen molar-refractivity contribution in [3.05, 3.63) is 299 Å². The second-order valence-corrected chi connectivity index (χ2v) is 42.6. The molecule has 15 aromatic rings. The lowest BCUT2D eigenvalue weighted by molar-refractivity contribution is -0.145. The summed E-state index contributed by atoms with van der Waals surface area (Å²) in [6.07, 6.45) is 8.03. The van der Waals surface area contributed by atoms with Crippen molar-refractivity contribution in [3.8, 4) is 44.9 Å². The van der Waals surface area contributed by atoms with Crippen LogP contribution in [0.4, 0.5) is 5.82 Å². The van der Waals surface area contributed by atoms with Gasteiger partial charge in [0.1, 0.15) is 36.0 Å². The molecule has 0 saturated heterocycles. The number of rotatable bonds is 19. The number of H-pyrrole nitrogens is 1. The number of methoxy groups -OCH3 is 2. The number of nitrogen functional groups attached to an aromatic ring is 1. The smallest absolute Gasteiger partial charge is 0.320 e. The Morgan fingerprint density at radius 2 is 1.02 bits per heavy atom. The summed E-state index contributed by atoms with van der Waals surface area (Å²) in [5, 5.41) is 19.6. The van der Waals surface area contributed by atoms with E-state index in [1.165, 1.54) is 38.6 Å². The lowest BCUT2D eigenvalue weighted by Crippen LogP contribution is -2.25. The Kier molecular flexibility index (Phi) is 32.0. The fourth-order valence-corrected chi connectivity index (χ4v) is 14.6. The molecule has 616 valence electrons. The van der Waals surface area contributed by atoms with Gasteiger partial charge in [-0.1, -0.05) is 196 Å². The molecule has 1 unspecified atom stereocenters. The molecule has 3 N–H and O–H groups in total. The van der Waals surface area contributed by atoms with E-state index in [-0.39, 0.29) is 28.5 Å². The normalized spacial score (nSPS) is 11.8. The van der Waals surface area contributed by atoms with Crippen LogP contribution in [-0.4, -0.2) is 133 Å². The van der Waals surface area contributed by atoms with Crippen molar-refractivity contribution in [2.24, 2.45) is 0 Å². The number of carbonyl (C=O) groups is 5. The Balaban J connectivity index is 0.000000158. The van der Waals surface area contributed by atoms with Crippen molar-refractivity contribution in [1.29, 1.82) is 0 Å². The topological polar surface area (TPSA) is 286 Å². The van der Waals surface area contributed by atoms with Crippen LogP contribution < -0.4 is 11.3 Å². The average molecular weight is 1680 g/mol. The van der Waals surface area contributed by atoms with Gasteiger partial charge in [-0.2, -0.15) is 24.5 Å². The number of nitrogens with two attached hydrogens (primary N) is 1. The zero-order chi connectivity index (χ0) is 86.0. The fourth-order valence-electron chi connectivity index (χ4n) is 12.9. The van der Waals surface area contributed by atoms with E-state index in [4.69, 9.17) is 31.9 Å². The van der Waals surface area contributed by atoms with Crippen LogP contribution in [0.1, 0.15) is 59.6 Å². The molecular weight excluding hydrogens is 1580 g/mol. The number of fused-ring (bicyclic) bond motifs is 6. The zero-order valence-electron chi connectivity index (χ0n) is 69.4. The number of halogens is 2. The van der Waals surface area contributed by atoms with E-state index in [2.05, 4.69) is 100 Å². The zero-order valence-corrected chi connectivity index (χ0v) is 72.9. The third kappa shape index (κ3) is 25.0. The Hall–Kier alpha value is -12.6. The van der Waals surface area contributed by atoms with Crippen LogP contribution in [-0.2, 0) is 57.7 Å². The van der Waals surface area contributed by atoms with Crippen LogP contribution in [0.2, 0.25) is 51.4 Å². The number of ether oxygens (including phenoxy) is 4. The van der Waals surface area contributed by atoms with Crippen LogP contribution in [0.5, 0.6) is 0 Å². The van der Waals surface area contributed by atoms with Crippen LogP contribution in [0, 0.1) is 6.92 Å². The highest BCUT2D eigenvalue weighted by Gasteiger charge is 2.29. The molecule has 26 heteroatoms. The predicted octanol–water partition coefficient (Wildman–Crippen LogP) is 19.8. The average Bonchev–Trinajstić information content (AvgIpc) is 1.53. The number of anilines is 1. The molecule has 7 aromatic carbocycles. The molecular formula is C94H98Cl2N12O10Si2. The number of allylic oxidation sites excluding steroid dienone is 2. The molecule has 0 radical (unpaired) electrons. The number of carbonyl (C=O) groups excluding carboxylic acids is 5. The molecule has 0 spiro atoms. The van der Waals surface area contributed by atoms with E-state index in [0.29, 0.717) is 49.2 Å². The van der Waals surface area contributed by atoms with Gasteiger partial charge >= 0.3 is 11.9 Å². The van der Waals surface area contributed by atoms with Crippen LogP contribution >= 0.6 is 23.2 Å². The number of esters is 2. The number of nitrogens with zero attached hydrogens (tertiary/aromatic N) is 10. The van der Waals surface area contributed by atoms with E-state index >= 15 is 0 Å². The van der Waals surface area contributed by atoms with Crippen molar-refractivity contribution in [3.63, 3.8) is 0 Å². The van der Waals surface area contributed by atoms with Gasteiger partial charge in [0.2, 0.25) is 5.24 Å². The number of alkyl halides is 1. The molecule has 1 atom stereocenters. The van der Waals surface area contributed by atoms with Crippen molar-refractivity contribution >= 4 is 129 Å². The van der Waals surface area contributed by atoms with Crippen molar-refractivity contribution in [2.75, 3.05) is 39.2 Å². The van der Waals surface area contributed by atoms with Gasteiger partial charge in [0, 0.05) is 124 Å². The molecule has 120 heavy (non-hydrogen) atoms. The van der Waals surface area contributed by atoms with Gasteiger partial charge in [-0.15, -0.1) is 0 Å². The molecule has 0 saturated carbocycles. The van der Waals surface area contributed by atoms with E-state index < -0.39 is 28.0 Å². The molecule has 0 bridgehead atoms. The predicted molar refractivity (Wildman–Crippen MR) is 485 cm³/mol. The minimum absolute atomic E-state index is 0.0702. The minimum atomic E-state index is -1.21. The Labute approximate surface area is 709 Å². The second-order valence-electron chi connectivity index (χ2n) is 30.6. The van der Waals surface area contributed by atoms with E-state index in [1.807, 2.05) is 226 Å². The first-order chi connectivity index (χ1) is 57.6. The standard InChI is InChI=1S/C28H30N4O2Si.C23H17N3O.C14H13NO3.C12H11NO2.C9H9N3.C6H15ClOSi.C2H3ClO/c1-20-27(23-12-13-24-22(17-23)11-8-14-29-24)28(33)32-26(31(20)19-34-15-16-35(2,3)4)18-25(30-32)21-9-6-5-7-10-21;1-15-12-19-14-21(16-6-3-2-4-7-16)25-26(19)23(27)22(15)18-9-10-20-17(13-18)8-5-11-24-20;1-9(16)13(14(17)18-2)11-5-6-12-10(8-11)4-3-7-15-12;1-15-12(14)8-9-4-5-11-10(7-9)3-2-6-13-11;10-9-6-8(11-12-9)7-4-2-1-3-5-7;1-9(2,3)5-4-8-6-7;1-2(3)4/h5-14,17-18H,15-16,19H2,1-4H3;2-11,13-14H,12H2,1H3;3-8,13H,1-2H3;2-7H,8H2,1H3;1-6H,(H3,10,11,12);4-6H2,1-3H3;1H3. The maximum absolute atomic E-state index is 13.8.